The molecule has 0 unspecified atom stereocenters. The number of aryl methyl sites for hydroxylation is 1. The lowest BCUT2D eigenvalue weighted by atomic mass is 10.0. The lowest BCUT2D eigenvalue weighted by Crippen LogP contribution is -1.97. The highest BCUT2D eigenvalue weighted by molar-refractivity contribution is 5.95. The molecule has 0 atom stereocenters. The molecular weight excluding hydrogens is 328 g/mol. The summed E-state index contributed by atoms with van der Waals surface area (Å²) in [7, 11) is 0. The first-order valence-corrected chi connectivity index (χ1v) is 9.29. The average Bonchev–Trinajstić information content (AvgIpc) is 3.08. The minimum Gasteiger partial charge on any atom is -0.303 e. The Bertz CT molecular complexity index is 1230. The number of imidazole rings is 1. The maximum atomic E-state index is 5.10. The fourth-order valence-electron chi connectivity index (χ4n) is 3.72. The highest BCUT2D eigenvalue weighted by Crippen LogP contribution is 2.30. The fourth-order valence-corrected chi connectivity index (χ4v) is 3.72. The van der Waals surface area contributed by atoms with Gasteiger partial charge in [-0.3, -0.25) is 0 Å². The number of hydrogen-bond acceptors (Lipinski definition) is 1. The van der Waals surface area contributed by atoms with Gasteiger partial charge in [-0.1, -0.05) is 84.4 Å². The molecule has 2 heterocycles. The van der Waals surface area contributed by atoms with Crippen LogP contribution in [0.25, 0.3) is 27.7 Å². The standard InChI is InChI=1S/C25H20N2/c1-18-11-13-21(14-12-18)24-23(17-19-7-3-2-4-8-19)27-16-15-20-9-5-6-10-22(20)25(27)26-24/h2-16H,17H2,1H3. The highest BCUT2D eigenvalue weighted by Gasteiger charge is 2.16. The van der Waals surface area contributed by atoms with E-state index in [1.807, 2.05) is 0 Å². The summed E-state index contributed by atoms with van der Waals surface area (Å²) in [6, 6.07) is 29.9. The van der Waals surface area contributed by atoms with E-state index in [0.29, 0.717) is 0 Å². The van der Waals surface area contributed by atoms with Gasteiger partial charge in [0.15, 0.2) is 0 Å². The van der Waals surface area contributed by atoms with Gasteiger partial charge in [0.25, 0.3) is 0 Å². The Morgan fingerprint density at radius 1 is 0.778 bits per heavy atom. The summed E-state index contributed by atoms with van der Waals surface area (Å²) >= 11 is 0. The van der Waals surface area contributed by atoms with Crippen LogP contribution in [0, 0.1) is 6.92 Å². The lowest BCUT2D eigenvalue weighted by Gasteiger charge is -2.07. The van der Waals surface area contributed by atoms with Gasteiger partial charge in [-0.25, -0.2) is 4.98 Å². The summed E-state index contributed by atoms with van der Waals surface area (Å²) in [5, 5.41) is 2.41. The Labute approximate surface area is 158 Å². The maximum Gasteiger partial charge on any atom is 0.145 e. The van der Waals surface area contributed by atoms with Gasteiger partial charge in [-0.2, -0.15) is 0 Å². The summed E-state index contributed by atoms with van der Waals surface area (Å²) in [5.74, 6) is 0. The third kappa shape index (κ3) is 2.80. The van der Waals surface area contributed by atoms with Crippen molar-refractivity contribution in [3.63, 3.8) is 0 Å². The molecule has 0 spiro atoms. The topological polar surface area (TPSA) is 17.3 Å². The van der Waals surface area contributed by atoms with Crippen molar-refractivity contribution in [1.82, 2.24) is 9.38 Å². The monoisotopic (exact) mass is 348 g/mol. The zero-order valence-electron chi connectivity index (χ0n) is 15.3. The van der Waals surface area contributed by atoms with E-state index < -0.39 is 0 Å². The van der Waals surface area contributed by atoms with Gasteiger partial charge in [0.2, 0.25) is 0 Å². The van der Waals surface area contributed by atoms with E-state index in [2.05, 4.69) is 102 Å². The second kappa shape index (κ2) is 6.40. The van der Waals surface area contributed by atoms with Crippen molar-refractivity contribution in [1.29, 1.82) is 0 Å². The lowest BCUT2D eigenvalue weighted by molar-refractivity contribution is 1.03. The molecule has 0 N–H and O–H groups in total. The van der Waals surface area contributed by atoms with Crippen LogP contribution in [0.2, 0.25) is 0 Å². The van der Waals surface area contributed by atoms with Gasteiger partial charge in [0, 0.05) is 23.6 Å². The SMILES string of the molecule is Cc1ccc(-c2nc3c4ccccc4ccn3c2Cc2ccccc2)cc1. The zero-order valence-corrected chi connectivity index (χ0v) is 15.3. The molecule has 0 aliphatic heterocycles. The summed E-state index contributed by atoms with van der Waals surface area (Å²) in [4.78, 5) is 5.10. The van der Waals surface area contributed by atoms with Crippen LogP contribution in [0.4, 0.5) is 0 Å². The first-order chi connectivity index (χ1) is 13.3. The van der Waals surface area contributed by atoms with E-state index in [9.17, 15) is 0 Å². The third-order valence-electron chi connectivity index (χ3n) is 5.15. The molecule has 2 aromatic heterocycles. The van der Waals surface area contributed by atoms with Crippen molar-refractivity contribution in [3.05, 3.63) is 108 Å². The van der Waals surface area contributed by atoms with E-state index in [1.54, 1.807) is 0 Å². The predicted octanol–water partition coefficient (Wildman–Crippen LogP) is 6.05. The van der Waals surface area contributed by atoms with Crippen molar-refractivity contribution in [2.75, 3.05) is 0 Å². The largest absolute Gasteiger partial charge is 0.303 e. The van der Waals surface area contributed by atoms with Crippen LogP contribution in [0.1, 0.15) is 16.8 Å². The van der Waals surface area contributed by atoms with Crippen LogP contribution in [0.15, 0.2) is 91.1 Å². The second-order valence-corrected chi connectivity index (χ2v) is 7.03. The van der Waals surface area contributed by atoms with E-state index in [-0.39, 0.29) is 0 Å². The fraction of sp³-hybridized carbons (Fsp3) is 0.0800. The van der Waals surface area contributed by atoms with Crippen molar-refractivity contribution in [3.8, 4) is 11.3 Å². The van der Waals surface area contributed by atoms with Gasteiger partial charge in [-0.05, 0) is 23.9 Å². The number of nitrogens with zero attached hydrogens (tertiary/aromatic N) is 2. The molecule has 27 heavy (non-hydrogen) atoms. The van der Waals surface area contributed by atoms with Crippen LogP contribution in [0.5, 0.6) is 0 Å². The van der Waals surface area contributed by atoms with Crippen LogP contribution in [-0.2, 0) is 6.42 Å². The molecule has 0 amide bonds. The molecule has 0 saturated carbocycles. The van der Waals surface area contributed by atoms with Crippen LogP contribution < -0.4 is 0 Å². The molecule has 0 saturated heterocycles. The third-order valence-corrected chi connectivity index (χ3v) is 5.15. The minimum absolute atomic E-state index is 0.851. The van der Waals surface area contributed by atoms with E-state index in [0.717, 1.165) is 17.8 Å². The Morgan fingerprint density at radius 3 is 2.33 bits per heavy atom. The van der Waals surface area contributed by atoms with Gasteiger partial charge in [0.1, 0.15) is 5.65 Å². The zero-order chi connectivity index (χ0) is 18.2. The molecule has 5 rings (SSSR count). The Kier molecular flexibility index (Phi) is 3.75. The molecule has 0 fully saturated rings. The first kappa shape index (κ1) is 15.8. The molecule has 0 aliphatic rings. The predicted molar refractivity (Wildman–Crippen MR) is 112 cm³/mol. The number of aromatic nitrogens is 2. The normalized spacial score (nSPS) is 11.3. The van der Waals surface area contributed by atoms with Crippen LogP contribution in [-0.4, -0.2) is 9.38 Å². The first-order valence-electron chi connectivity index (χ1n) is 9.29. The van der Waals surface area contributed by atoms with Crippen molar-refractivity contribution < 1.29 is 0 Å². The number of pyridine rings is 1. The second-order valence-electron chi connectivity index (χ2n) is 7.03. The molecule has 5 aromatic rings. The molecule has 2 heteroatoms. The summed E-state index contributed by atoms with van der Waals surface area (Å²) in [6.45, 7) is 2.12. The number of fused-ring (bicyclic) bond motifs is 3. The van der Waals surface area contributed by atoms with Gasteiger partial charge < -0.3 is 4.40 Å². The van der Waals surface area contributed by atoms with Gasteiger partial charge >= 0.3 is 0 Å². The summed E-state index contributed by atoms with van der Waals surface area (Å²) in [6.07, 6.45) is 3.00. The van der Waals surface area contributed by atoms with Crippen molar-refractivity contribution >= 4 is 16.4 Å². The molecule has 0 radical (unpaired) electrons. The van der Waals surface area contributed by atoms with Crippen LogP contribution >= 0.6 is 0 Å². The van der Waals surface area contributed by atoms with Crippen LogP contribution in [0.3, 0.4) is 0 Å². The number of hydrogen-bond donors (Lipinski definition) is 0. The summed E-state index contributed by atoms with van der Waals surface area (Å²) < 4.78 is 2.25. The van der Waals surface area contributed by atoms with Crippen molar-refractivity contribution in [2.24, 2.45) is 0 Å². The van der Waals surface area contributed by atoms with E-state index in [1.165, 1.54) is 33.2 Å². The number of rotatable bonds is 3. The Morgan fingerprint density at radius 2 is 1.52 bits per heavy atom. The quantitative estimate of drug-likeness (QED) is 0.388. The molecule has 2 nitrogen and oxygen atoms in total. The molecule has 130 valence electrons. The van der Waals surface area contributed by atoms with Crippen molar-refractivity contribution in [2.45, 2.75) is 13.3 Å². The molecule has 0 bridgehead atoms. The van der Waals surface area contributed by atoms with E-state index >= 15 is 0 Å². The van der Waals surface area contributed by atoms with E-state index in [4.69, 9.17) is 4.98 Å². The smallest absolute Gasteiger partial charge is 0.145 e. The van der Waals surface area contributed by atoms with Gasteiger partial charge in [-0.15, -0.1) is 0 Å². The Hall–Kier alpha value is -3.39. The molecular formula is C25H20N2. The summed E-state index contributed by atoms with van der Waals surface area (Å²) in [5.41, 5.74) is 7.04. The highest BCUT2D eigenvalue weighted by atomic mass is 15.0. The van der Waals surface area contributed by atoms with Gasteiger partial charge in [0.05, 0.1) is 11.4 Å². The molecule has 3 aromatic carbocycles. The average molecular weight is 348 g/mol. The maximum absolute atomic E-state index is 5.10. The molecule has 0 aliphatic carbocycles. The minimum atomic E-state index is 0.851. The Balaban J connectivity index is 1.79. The number of benzene rings is 3.